The van der Waals surface area contributed by atoms with E-state index in [1.807, 2.05) is 24.5 Å². The van der Waals surface area contributed by atoms with Crippen LogP contribution in [0.15, 0.2) is 18.5 Å². The predicted octanol–water partition coefficient (Wildman–Crippen LogP) is 1.78. The molecular formula is C12H15ClN4O. The summed E-state index contributed by atoms with van der Waals surface area (Å²) in [6.45, 7) is 3.88. The number of hydrogen-bond acceptors (Lipinski definition) is 3. The number of aromatic nitrogens is 3. The summed E-state index contributed by atoms with van der Waals surface area (Å²) < 4.78 is 1.96. The summed E-state index contributed by atoms with van der Waals surface area (Å²) in [6, 6.07) is 1.86. The van der Waals surface area contributed by atoms with E-state index in [-0.39, 0.29) is 18.2 Å². The molecule has 2 N–H and O–H groups in total. The van der Waals surface area contributed by atoms with Crippen LogP contribution in [0.25, 0.3) is 11.0 Å². The highest BCUT2D eigenvalue weighted by Crippen LogP contribution is 2.28. The number of carbonyl (C=O) groups is 1. The minimum atomic E-state index is -0.466. The van der Waals surface area contributed by atoms with Crippen LogP contribution in [0.4, 0.5) is 0 Å². The lowest BCUT2D eigenvalue weighted by atomic mass is 9.99. The number of alkyl halides is 1. The van der Waals surface area contributed by atoms with E-state index in [0.717, 1.165) is 11.0 Å². The molecule has 0 saturated heterocycles. The Balaban J connectivity index is 2.64. The number of hydrogen-bond donors (Lipinski definition) is 1. The molecule has 0 atom stereocenters. The van der Waals surface area contributed by atoms with Crippen molar-refractivity contribution < 1.29 is 4.79 Å². The highest BCUT2D eigenvalue weighted by atomic mass is 35.5. The molecule has 0 fully saturated rings. The molecular weight excluding hydrogens is 252 g/mol. The summed E-state index contributed by atoms with van der Waals surface area (Å²) in [7, 11) is 0. The van der Waals surface area contributed by atoms with Crippen LogP contribution < -0.4 is 5.73 Å². The molecule has 0 radical (unpaired) electrons. The fraction of sp³-hybridized carbons (Fsp3) is 0.417. The van der Waals surface area contributed by atoms with Gasteiger partial charge in [0.1, 0.15) is 11.3 Å². The molecule has 6 heteroatoms. The lowest BCUT2D eigenvalue weighted by molar-refractivity contribution is -0.119. The van der Waals surface area contributed by atoms with E-state index in [4.69, 9.17) is 17.3 Å². The average molecular weight is 267 g/mol. The van der Waals surface area contributed by atoms with Gasteiger partial charge in [-0.25, -0.2) is 4.98 Å². The molecule has 18 heavy (non-hydrogen) atoms. The number of carbonyl (C=O) groups excluding carboxylic acids is 1. The second kappa shape index (κ2) is 4.57. The minimum Gasteiger partial charge on any atom is -0.370 e. The van der Waals surface area contributed by atoms with E-state index in [0.29, 0.717) is 5.82 Å². The number of primary amides is 1. The van der Waals surface area contributed by atoms with Gasteiger partial charge in [-0.1, -0.05) is 0 Å². The molecule has 2 aromatic rings. The third-order valence-electron chi connectivity index (χ3n) is 2.86. The fourth-order valence-corrected chi connectivity index (χ4v) is 2.43. The predicted molar refractivity (Wildman–Crippen MR) is 70.2 cm³/mol. The molecule has 0 saturated carbocycles. The van der Waals surface area contributed by atoms with Gasteiger partial charge in [0.05, 0.1) is 17.6 Å². The van der Waals surface area contributed by atoms with Crippen molar-refractivity contribution in [3.05, 3.63) is 24.3 Å². The zero-order chi connectivity index (χ0) is 13.3. The highest BCUT2D eigenvalue weighted by molar-refractivity contribution is 6.16. The third kappa shape index (κ3) is 2.18. The first-order valence-electron chi connectivity index (χ1n) is 5.62. The quantitative estimate of drug-likeness (QED) is 0.857. The van der Waals surface area contributed by atoms with Gasteiger partial charge >= 0.3 is 0 Å². The van der Waals surface area contributed by atoms with Gasteiger partial charge in [-0.3, -0.25) is 9.78 Å². The molecule has 5 nitrogen and oxygen atoms in total. The summed E-state index contributed by atoms with van der Waals surface area (Å²) in [4.78, 5) is 19.6. The van der Waals surface area contributed by atoms with Crippen molar-refractivity contribution in [3.8, 4) is 0 Å². The normalized spacial score (nSPS) is 11.9. The van der Waals surface area contributed by atoms with Gasteiger partial charge in [-0.05, 0) is 19.9 Å². The zero-order valence-electron chi connectivity index (χ0n) is 10.4. The van der Waals surface area contributed by atoms with Gasteiger partial charge in [-0.2, -0.15) is 0 Å². The molecule has 1 amide bonds. The molecule has 0 aliphatic rings. The van der Waals surface area contributed by atoms with Crippen LogP contribution in [0.3, 0.4) is 0 Å². The number of fused-ring (bicyclic) bond motifs is 1. The topological polar surface area (TPSA) is 73.8 Å². The first kappa shape index (κ1) is 12.8. The van der Waals surface area contributed by atoms with Crippen molar-refractivity contribution in [2.45, 2.75) is 31.7 Å². The van der Waals surface area contributed by atoms with Gasteiger partial charge in [0, 0.05) is 18.2 Å². The Hall–Kier alpha value is -1.62. The molecule has 0 spiro atoms. The molecule has 0 aromatic carbocycles. The first-order chi connectivity index (χ1) is 8.45. The summed E-state index contributed by atoms with van der Waals surface area (Å²) in [5, 5.41) is 0. The Morgan fingerprint density at radius 2 is 2.28 bits per heavy atom. The number of nitrogens with zero attached hydrogens (tertiary/aromatic N) is 3. The number of rotatable bonds is 4. The molecule has 2 heterocycles. The van der Waals surface area contributed by atoms with Crippen LogP contribution >= 0.6 is 11.6 Å². The molecule has 0 bridgehead atoms. The summed E-state index contributed by atoms with van der Waals surface area (Å²) >= 11 is 5.93. The largest absolute Gasteiger partial charge is 0.370 e. The number of imidazole rings is 1. The van der Waals surface area contributed by atoms with Crippen LogP contribution in [-0.2, 0) is 16.2 Å². The van der Waals surface area contributed by atoms with Gasteiger partial charge in [0.25, 0.3) is 0 Å². The third-order valence-corrected chi connectivity index (χ3v) is 3.10. The molecule has 2 rings (SSSR count). The van der Waals surface area contributed by atoms with Crippen molar-refractivity contribution in [1.82, 2.24) is 14.5 Å². The molecule has 0 unspecified atom stereocenters. The lowest BCUT2D eigenvalue weighted by Crippen LogP contribution is -2.33. The Kier molecular flexibility index (Phi) is 3.26. The average Bonchev–Trinajstić information content (AvgIpc) is 2.66. The molecule has 0 aliphatic heterocycles. The maximum atomic E-state index is 11.2. The Morgan fingerprint density at radius 3 is 2.89 bits per heavy atom. The molecule has 96 valence electrons. The maximum Gasteiger partial charge on any atom is 0.219 e. The monoisotopic (exact) mass is 266 g/mol. The van der Waals surface area contributed by atoms with Crippen molar-refractivity contribution >= 4 is 28.5 Å². The molecule has 2 aromatic heterocycles. The highest BCUT2D eigenvalue weighted by Gasteiger charge is 2.27. The van der Waals surface area contributed by atoms with Crippen LogP contribution in [0.5, 0.6) is 0 Å². The number of pyridine rings is 1. The van der Waals surface area contributed by atoms with Crippen LogP contribution in [-0.4, -0.2) is 20.4 Å². The molecule has 0 aliphatic carbocycles. The lowest BCUT2D eigenvalue weighted by Gasteiger charge is -2.27. The Bertz CT molecular complexity index is 591. The standard InChI is InChI=1S/C12H15ClN4O/c1-12(2,5-10(14)18)17-9-3-4-15-7-8(9)16-11(17)6-13/h3-4,7H,5-6H2,1-2H3,(H2,14,18). The van der Waals surface area contributed by atoms with Crippen molar-refractivity contribution in [1.29, 1.82) is 0 Å². The summed E-state index contributed by atoms with van der Waals surface area (Å²) in [6.07, 6.45) is 3.60. The van der Waals surface area contributed by atoms with Gasteiger partial charge < -0.3 is 10.3 Å². The van der Waals surface area contributed by atoms with Crippen LogP contribution in [0.1, 0.15) is 26.1 Å². The van der Waals surface area contributed by atoms with Crippen molar-refractivity contribution in [2.75, 3.05) is 0 Å². The van der Waals surface area contributed by atoms with Crippen LogP contribution in [0.2, 0.25) is 0 Å². The summed E-state index contributed by atoms with van der Waals surface area (Å²) in [5.74, 6) is 0.638. The van der Waals surface area contributed by atoms with Gasteiger partial charge in [-0.15, -0.1) is 11.6 Å². The summed E-state index contributed by atoms with van der Waals surface area (Å²) in [5.41, 5.74) is 6.51. The van der Waals surface area contributed by atoms with E-state index in [2.05, 4.69) is 9.97 Å². The Morgan fingerprint density at radius 1 is 1.56 bits per heavy atom. The number of nitrogens with two attached hydrogens (primary N) is 1. The second-order valence-electron chi connectivity index (χ2n) is 4.82. The smallest absolute Gasteiger partial charge is 0.219 e. The first-order valence-corrected chi connectivity index (χ1v) is 6.15. The number of halogens is 1. The van der Waals surface area contributed by atoms with E-state index in [9.17, 15) is 4.79 Å². The van der Waals surface area contributed by atoms with E-state index in [1.54, 1.807) is 12.4 Å². The van der Waals surface area contributed by atoms with Gasteiger partial charge in [0.15, 0.2) is 0 Å². The SMILES string of the molecule is CC(C)(CC(N)=O)n1c(CCl)nc2cnccc21. The van der Waals surface area contributed by atoms with Gasteiger partial charge in [0.2, 0.25) is 5.91 Å². The fourth-order valence-electron chi connectivity index (χ4n) is 2.25. The van der Waals surface area contributed by atoms with E-state index >= 15 is 0 Å². The van der Waals surface area contributed by atoms with Crippen molar-refractivity contribution in [2.24, 2.45) is 5.73 Å². The maximum absolute atomic E-state index is 11.2. The zero-order valence-corrected chi connectivity index (χ0v) is 11.1. The van der Waals surface area contributed by atoms with Crippen molar-refractivity contribution in [3.63, 3.8) is 0 Å². The Labute approximate surface area is 110 Å². The minimum absolute atomic E-state index is 0.227. The van der Waals surface area contributed by atoms with E-state index < -0.39 is 5.54 Å². The van der Waals surface area contributed by atoms with Crippen LogP contribution in [0, 0.1) is 0 Å². The van der Waals surface area contributed by atoms with E-state index in [1.165, 1.54) is 0 Å². The second-order valence-corrected chi connectivity index (χ2v) is 5.08. The number of amides is 1.